The molecule has 4 nitrogen and oxygen atoms in total. The molecule has 1 aliphatic rings. The van der Waals surface area contributed by atoms with Gasteiger partial charge >= 0.3 is 0 Å². The summed E-state index contributed by atoms with van der Waals surface area (Å²) in [6, 6.07) is 8.35. The molecule has 1 aromatic carbocycles. The molecule has 2 atom stereocenters. The van der Waals surface area contributed by atoms with Crippen molar-refractivity contribution in [3.63, 3.8) is 0 Å². The molecular formula is C18H29ClN2O2. The molecule has 1 aliphatic carbocycles. The summed E-state index contributed by atoms with van der Waals surface area (Å²) in [7, 11) is 0. The first-order chi connectivity index (χ1) is 10.7. The van der Waals surface area contributed by atoms with Crippen LogP contribution < -0.4 is 15.8 Å². The van der Waals surface area contributed by atoms with Crippen molar-refractivity contribution in [2.45, 2.75) is 51.5 Å². The number of unbranched alkanes of at least 4 members (excludes halogenated alkanes) is 1. The van der Waals surface area contributed by atoms with Crippen molar-refractivity contribution in [1.29, 1.82) is 0 Å². The summed E-state index contributed by atoms with van der Waals surface area (Å²) in [4.78, 5) is 12.0. The molecular weight excluding hydrogens is 312 g/mol. The average molecular weight is 341 g/mol. The highest BCUT2D eigenvalue weighted by atomic mass is 35.5. The van der Waals surface area contributed by atoms with Crippen LogP contribution in [0.2, 0.25) is 0 Å². The van der Waals surface area contributed by atoms with Crippen molar-refractivity contribution >= 4 is 18.3 Å². The number of hydrogen-bond acceptors (Lipinski definition) is 3. The Hall–Kier alpha value is -1.26. The summed E-state index contributed by atoms with van der Waals surface area (Å²) in [6.45, 7) is 3.61. The van der Waals surface area contributed by atoms with E-state index < -0.39 is 0 Å². The van der Waals surface area contributed by atoms with Gasteiger partial charge in [-0.3, -0.25) is 4.79 Å². The van der Waals surface area contributed by atoms with E-state index in [1.54, 1.807) is 0 Å². The Balaban J connectivity index is 0.00000264. The summed E-state index contributed by atoms with van der Waals surface area (Å²) in [6.07, 6.45) is 5.80. The normalized spacial score (nSPS) is 19.9. The molecule has 5 heteroatoms. The molecule has 2 rings (SSSR count). The van der Waals surface area contributed by atoms with E-state index in [-0.39, 0.29) is 30.3 Å². The van der Waals surface area contributed by atoms with Gasteiger partial charge in [0.1, 0.15) is 5.75 Å². The van der Waals surface area contributed by atoms with Crippen molar-refractivity contribution in [2.24, 2.45) is 11.7 Å². The van der Waals surface area contributed by atoms with Gasteiger partial charge in [0, 0.05) is 18.5 Å². The van der Waals surface area contributed by atoms with Crippen LogP contribution in [-0.2, 0) is 11.2 Å². The van der Waals surface area contributed by atoms with E-state index in [9.17, 15) is 4.79 Å². The van der Waals surface area contributed by atoms with Crippen LogP contribution >= 0.6 is 12.4 Å². The SMILES string of the molecule is CCCCOc1ccc(CCNC(=O)C2CCC(N)C2)cc1.Cl. The first kappa shape index (κ1) is 19.8. The van der Waals surface area contributed by atoms with Gasteiger partial charge in [-0.05, 0) is 49.8 Å². The fraction of sp³-hybridized carbons (Fsp3) is 0.611. The Morgan fingerprint density at radius 3 is 2.65 bits per heavy atom. The average Bonchev–Trinajstić information content (AvgIpc) is 2.96. The lowest BCUT2D eigenvalue weighted by molar-refractivity contribution is -0.124. The Morgan fingerprint density at radius 1 is 1.30 bits per heavy atom. The van der Waals surface area contributed by atoms with Crippen LogP contribution in [0.15, 0.2) is 24.3 Å². The monoisotopic (exact) mass is 340 g/mol. The molecule has 0 saturated heterocycles. The molecule has 0 heterocycles. The Morgan fingerprint density at radius 2 is 2.04 bits per heavy atom. The molecule has 0 aliphatic heterocycles. The maximum Gasteiger partial charge on any atom is 0.223 e. The lowest BCUT2D eigenvalue weighted by atomic mass is 10.1. The number of hydrogen-bond donors (Lipinski definition) is 2. The molecule has 1 amide bonds. The number of amides is 1. The minimum Gasteiger partial charge on any atom is -0.494 e. The zero-order valence-electron chi connectivity index (χ0n) is 13.9. The predicted molar refractivity (Wildman–Crippen MR) is 96.1 cm³/mol. The minimum absolute atomic E-state index is 0. The van der Waals surface area contributed by atoms with Crippen LogP contribution in [0.4, 0.5) is 0 Å². The second kappa shape index (κ2) is 10.5. The van der Waals surface area contributed by atoms with Crippen LogP contribution in [0, 0.1) is 5.92 Å². The summed E-state index contributed by atoms with van der Waals surface area (Å²) in [5.74, 6) is 1.19. The molecule has 1 fully saturated rings. The number of halogens is 1. The third-order valence-electron chi connectivity index (χ3n) is 4.25. The third kappa shape index (κ3) is 6.80. The van der Waals surface area contributed by atoms with E-state index in [2.05, 4.69) is 24.4 Å². The predicted octanol–water partition coefficient (Wildman–Crippen LogP) is 3.07. The topological polar surface area (TPSA) is 64.3 Å². The van der Waals surface area contributed by atoms with E-state index in [0.29, 0.717) is 6.54 Å². The van der Waals surface area contributed by atoms with Gasteiger partial charge < -0.3 is 15.8 Å². The molecule has 23 heavy (non-hydrogen) atoms. The number of carbonyl (C=O) groups excluding carboxylic acids is 1. The van der Waals surface area contributed by atoms with Crippen molar-refractivity contribution in [1.82, 2.24) is 5.32 Å². The maximum absolute atomic E-state index is 12.0. The van der Waals surface area contributed by atoms with Gasteiger partial charge in [0.05, 0.1) is 6.61 Å². The number of nitrogens with two attached hydrogens (primary N) is 1. The molecule has 3 N–H and O–H groups in total. The molecule has 0 bridgehead atoms. The lowest BCUT2D eigenvalue weighted by Gasteiger charge is -2.11. The molecule has 1 aromatic rings. The van der Waals surface area contributed by atoms with E-state index in [1.165, 1.54) is 5.56 Å². The summed E-state index contributed by atoms with van der Waals surface area (Å²) >= 11 is 0. The number of benzene rings is 1. The van der Waals surface area contributed by atoms with Gasteiger partial charge in [-0.1, -0.05) is 25.5 Å². The Bertz CT molecular complexity index is 465. The second-order valence-corrected chi connectivity index (χ2v) is 6.16. The third-order valence-corrected chi connectivity index (χ3v) is 4.25. The first-order valence-corrected chi connectivity index (χ1v) is 8.44. The van der Waals surface area contributed by atoms with Crippen LogP contribution in [-0.4, -0.2) is 25.1 Å². The number of rotatable bonds is 8. The van der Waals surface area contributed by atoms with Crippen LogP contribution in [0.1, 0.15) is 44.6 Å². The summed E-state index contributed by atoms with van der Waals surface area (Å²) < 4.78 is 5.64. The molecule has 130 valence electrons. The number of ether oxygens (including phenoxy) is 1. The number of carbonyl (C=O) groups is 1. The van der Waals surface area contributed by atoms with E-state index >= 15 is 0 Å². The van der Waals surface area contributed by atoms with Crippen molar-refractivity contribution < 1.29 is 9.53 Å². The van der Waals surface area contributed by atoms with Gasteiger partial charge in [0.15, 0.2) is 0 Å². The number of nitrogens with one attached hydrogen (secondary N) is 1. The molecule has 1 saturated carbocycles. The molecule has 0 spiro atoms. The van der Waals surface area contributed by atoms with Gasteiger partial charge in [-0.2, -0.15) is 0 Å². The van der Waals surface area contributed by atoms with Crippen molar-refractivity contribution in [3.05, 3.63) is 29.8 Å². The molecule has 2 unspecified atom stereocenters. The van der Waals surface area contributed by atoms with Crippen LogP contribution in [0.25, 0.3) is 0 Å². The molecule has 0 radical (unpaired) electrons. The van der Waals surface area contributed by atoms with Gasteiger partial charge in [-0.15, -0.1) is 12.4 Å². The van der Waals surface area contributed by atoms with Crippen molar-refractivity contribution in [2.75, 3.05) is 13.2 Å². The minimum atomic E-state index is 0. The van der Waals surface area contributed by atoms with Gasteiger partial charge in [0.25, 0.3) is 0 Å². The smallest absolute Gasteiger partial charge is 0.223 e. The Kier molecular flexibility index (Phi) is 9.03. The van der Waals surface area contributed by atoms with Gasteiger partial charge in [0.2, 0.25) is 5.91 Å². The van der Waals surface area contributed by atoms with E-state index in [0.717, 1.165) is 50.9 Å². The standard InChI is InChI=1S/C18H28N2O2.ClH/c1-2-3-12-22-17-8-4-14(5-9-17)10-11-20-18(21)15-6-7-16(19)13-15;/h4-5,8-9,15-16H,2-3,6-7,10-13,19H2,1H3,(H,20,21);1H. The van der Waals surface area contributed by atoms with Gasteiger partial charge in [-0.25, -0.2) is 0 Å². The highest BCUT2D eigenvalue weighted by molar-refractivity contribution is 5.85. The largest absolute Gasteiger partial charge is 0.494 e. The quantitative estimate of drug-likeness (QED) is 0.715. The van der Waals surface area contributed by atoms with E-state index in [4.69, 9.17) is 10.5 Å². The van der Waals surface area contributed by atoms with Crippen LogP contribution in [0.5, 0.6) is 5.75 Å². The fourth-order valence-corrected chi connectivity index (χ4v) is 2.82. The maximum atomic E-state index is 12.0. The lowest BCUT2D eigenvalue weighted by Crippen LogP contribution is -2.31. The zero-order chi connectivity index (χ0) is 15.8. The van der Waals surface area contributed by atoms with Crippen LogP contribution in [0.3, 0.4) is 0 Å². The van der Waals surface area contributed by atoms with Crippen molar-refractivity contribution in [3.8, 4) is 5.75 Å². The fourth-order valence-electron chi connectivity index (χ4n) is 2.82. The zero-order valence-corrected chi connectivity index (χ0v) is 14.7. The second-order valence-electron chi connectivity index (χ2n) is 6.16. The highest BCUT2D eigenvalue weighted by Crippen LogP contribution is 2.24. The highest BCUT2D eigenvalue weighted by Gasteiger charge is 2.27. The Labute approximate surface area is 145 Å². The summed E-state index contributed by atoms with van der Waals surface area (Å²) in [5.41, 5.74) is 7.06. The van der Waals surface area contributed by atoms with E-state index in [1.807, 2.05) is 12.1 Å². The summed E-state index contributed by atoms with van der Waals surface area (Å²) in [5, 5.41) is 3.02. The molecule has 0 aromatic heterocycles. The first-order valence-electron chi connectivity index (χ1n) is 8.44.